The molecule has 0 aliphatic heterocycles. The van der Waals surface area contributed by atoms with Gasteiger partial charge >= 0.3 is 0 Å². The monoisotopic (exact) mass is 222 g/mol. The van der Waals surface area contributed by atoms with Crippen LogP contribution in [0.2, 0.25) is 0 Å². The van der Waals surface area contributed by atoms with Crippen molar-refractivity contribution < 1.29 is 9.53 Å². The van der Waals surface area contributed by atoms with Gasteiger partial charge in [0.1, 0.15) is 6.61 Å². The molecule has 0 aromatic rings. The summed E-state index contributed by atoms with van der Waals surface area (Å²) in [4.78, 5) is 10.9. The molecule has 4 bridgehead atoms. The van der Waals surface area contributed by atoms with E-state index < -0.39 is 0 Å². The summed E-state index contributed by atoms with van der Waals surface area (Å²) < 4.78 is 5.63. The van der Waals surface area contributed by atoms with Crippen LogP contribution in [0.1, 0.15) is 45.4 Å². The molecule has 2 nitrogen and oxygen atoms in total. The molecule has 16 heavy (non-hydrogen) atoms. The number of hydrogen-bond donors (Lipinski definition) is 0. The highest BCUT2D eigenvalue weighted by molar-refractivity contribution is 5.76. The number of Topliss-reactive ketones (excluding diaryl/α,β-unsaturated/α-hetero) is 1. The van der Waals surface area contributed by atoms with Gasteiger partial charge in [0.2, 0.25) is 0 Å². The van der Waals surface area contributed by atoms with Gasteiger partial charge in [0, 0.05) is 0 Å². The lowest BCUT2D eigenvalue weighted by Crippen LogP contribution is -2.48. The zero-order chi connectivity index (χ0) is 11.2. The van der Waals surface area contributed by atoms with Crippen LogP contribution >= 0.6 is 0 Å². The van der Waals surface area contributed by atoms with E-state index >= 15 is 0 Å². The molecule has 0 unspecified atom stereocenters. The zero-order valence-electron chi connectivity index (χ0n) is 10.2. The van der Waals surface area contributed by atoms with Crippen molar-refractivity contribution in [3.8, 4) is 0 Å². The van der Waals surface area contributed by atoms with E-state index in [1.807, 2.05) is 0 Å². The molecule has 0 saturated heterocycles. The molecule has 0 aromatic heterocycles. The molecule has 0 heterocycles. The smallest absolute Gasteiger partial charge is 0.155 e. The van der Waals surface area contributed by atoms with Crippen molar-refractivity contribution in [2.75, 3.05) is 13.2 Å². The molecule has 4 fully saturated rings. The first kappa shape index (κ1) is 10.8. The van der Waals surface area contributed by atoms with E-state index in [2.05, 4.69) is 0 Å². The lowest BCUT2D eigenvalue weighted by atomic mass is 9.50. The van der Waals surface area contributed by atoms with E-state index in [-0.39, 0.29) is 5.78 Å². The number of ether oxygens (including phenoxy) is 1. The van der Waals surface area contributed by atoms with E-state index in [0.29, 0.717) is 12.0 Å². The van der Waals surface area contributed by atoms with E-state index in [1.54, 1.807) is 6.92 Å². The molecular weight excluding hydrogens is 200 g/mol. The fourth-order valence-corrected chi connectivity index (χ4v) is 4.88. The van der Waals surface area contributed by atoms with Gasteiger partial charge < -0.3 is 4.74 Å². The molecule has 90 valence electrons. The Hall–Kier alpha value is -0.370. The summed E-state index contributed by atoms with van der Waals surface area (Å²) >= 11 is 0. The molecule has 0 atom stereocenters. The summed E-state index contributed by atoms with van der Waals surface area (Å²) in [6.07, 6.45) is 8.55. The van der Waals surface area contributed by atoms with Crippen molar-refractivity contribution in [1.82, 2.24) is 0 Å². The lowest BCUT2D eigenvalue weighted by molar-refractivity contribution is -0.128. The average molecular weight is 222 g/mol. The van der Waals surface area contributed by atoms with E-state index in [0.717, 1.165) is 24.4 Å². The Bertz CT molecular complexity index is 260. The molecule has 0 spiro atoms. The quantitative estimate of drug-likeness (QED) is 0.731. The van der Waals surface area contributed by atoms with Crippen LogP contribution in [-0.4, -0.2) is 19.0 Å². The summed E-state index contributed by atoms with van der Waals surface area (Å²) in [6, 6.07) is 0. The summed E-state index contributed by atoms with van der Waals surface area (Å²) in [5, 5.41) is 0. The zero-order valence-corrected chi connectivity index (χ0v) is 10.2. The number of carbonyl (C=O) groups excluding carboxylic acids is 1. The SMILES string of the molecule is CC(=O)COCC12CC3CC(CC(C3)C1)C2. The Morgan fingerprint density at radius 1 is 1.12 bits per heavy atom. The molecule has 0 radical (unpaired) electrons. The van der Waals surface area contributed by atoms with Crippen molar-refractivity contribution in [1.29, 1.82) is 0 Å². The van der Waals surface area contributed by atoms with E-state index in [9.17, 15) is 4.79 Å². The first-order valence-corrected chi connectivity index (χ1v) is 6.72. The van der Waals surface area contributed by atoms with Gasteiger partial charge in [0.25, 0.3) is 0 Å². The second-order valence-electron chi connectivity index (χ2n) is 6.61. The number of ketones is 1. The topological polar surface area (TPSA) is 26.3 Å². The summed E-state index contributed by atoms with van der Waals surface area (Å²) in [6.45, 7) is 2.78. The van der Waals surface area contributed by atoms with Gasteiger partial charge in [0.05, 0.1) is 6.61 Å². The summed E-state index contributed by atoms with van der Waals surface area (Å²) in [5.74, 6) is 3.09. The summed E-state index contributed by atoms with van der Waals surface area (Å²) in [5.41, 5.74) is 0.462. The number of rotatable bonds is 4. The van der Waals surface area contributed by atoms with Crippen LogP contribution < -0.4 is 0 Å². The molecule has 2 heteroatoms. The van der Waals surface area contributed by atoms with Crippen molar-refractivity contribution in [2.45, 2.75) is 45.4 Å². The second kappa shape index (κ2) is 3.83. The van der Waals surface area contributed by atoms with Crippen molar-refractivity contribution in [3.63, 3.8) is 0 Å². The number of hydrogen-bond acceptors (Lipinski definition) is 2. The Morgan fingerprint density at radius 3 is 2.06 bits per heavy atom. The van der Waals surface area contributed by atoms with Gasteiger partial charge in [-0.2, -0.15) is 0 Å². The average Bonchev–Trinajstić information content (AvgIpc) is 2.13. The van der Waals surface area contributed by atoms with Crippen molar-refractivity contribution in [3.05, 3.63) is 0 Å². The van der Waals surface area contributed by atoms with Crippen LogP contribution in [-0.2, 0) is 9.53 Å². The molecule has 0 aromatic carbocycles. The van der Waals surface area contributed by atoms with Gasteiger partial charge in [-0.15, -0.1) is 0 Å². The third kappa shape index (κ3) is 1.92. The number of carbonyl (C=O) groups is 1. The molecule has 4 aliphatic carbocycles. The van der Waals surface area contributed by atoms with Gasteiger partial charge in [-0.1, -0.05) is 0 Å². The van der Waals surface area contributed by atoms with Crippen LogP contribution in [0.25, 0.3) is 0 Å². The molecule has 4 rings (SSSR count). The third-order valence-electron chi connectivity index (χ3n) is 4.88. The van der Waals surface area contributed by atoms with Crippen LogP contribution in [0.3, 0.4) is 0 Å². The fraction of sp³-hybridized carbons (Fsp3) is 0.929. The minimum absolute atomic E-state index is 0.157. The van der Waals surface area contributed by atoms with Crippen LogP contribution in [0.5, 0.6) is 0 Å². The first-order chi connectivity index (χ1) is 7.65. The minimum Gasteiger partial charge on any atom is -0.373 e. The standard InChI is InChI=1S/C14H22O2/c1-10(15)8-16-9-14-5-11-2-12(6-14)4-13(3-11)7-14/h11-13H,2-9H2,1H3. The van der Waals surface area contributed by atoms with Gasteiger partial charge in [-0.25, -0.2) is 0 Å². The highest BCUT2D eigenvalue weighted by atomic mass is 16.5. The molecule has 4 aliphatic rings. The predicted molar refractivity (Wildman–Crippen MR) is 62.1 cm³/mol. The van der Waals surface area contributed by atoms with Crippen molar-refractivity contribution >= 4 is 5.78 Å². The Labute approximate surface area is 97.7 Å². The Balaban J connectivity index is 1.62. The Kier molecular flexibility index (Phi) is 2.58. The van der Waals surface area contributed by atoms with Crippen LogP contribution in [0.4, 0.5) is 0 Å². The maximum absolute atomic E-state index is 10.9. The lowest BCUT2D eigenvalue weighted by Gasteiger charge is -2.56. The molecule has 0 amide bonds. The molecule has 0 N–H and O–H groups in total. The summed E-state index contributed by atoms with van der Waals surface area (Å²) in [7, 11) is 0. The highest BCUT2D eigenvalue weighted by Crippen LogP contribution is 2.59. The van der Waals surface area contributed by atoms with Gasteiger partial charge in [0.15, 0.2) is 5.78 Å². The highest BCUT2D eigenvalue weighted by Gasteiger charge is 2.50. The maximum Gasteiger partial charge on any atom is 0.155 e. The minimum atomic E-state index is 0.157. The van der Waals surface area contributed by atoms with E-state index in [4.69, 9.17) is 4.74 Å². The van der Waals surface area contributed by atoms with Crippen LogP contribution in [0, 0.1) is 23.2 Å². The van der Waals surface area contributed by atoms with Gasteiger partial charge in [-0.05, 0) is 68.6 Å². The molecule has 4 saturated carbocycles. The van der Waals surface area contributed by atoms with Gasteiger partial charge in [-0.3, -0.25) is 4.79 Å². The van der Waals surface area contributed by atoms with Crippen LogP contribution in [0.15, 0.2) is 0 Å². The first-order valence-electron chi connectivity index (χ1n) is 6.72. The second-order valence-corrected chi connectivity index (χ2v) is 6.61. The fourth-order valence-electron chi connectivity index (χ4n) is 4.88. The predicted octanol–water partition coefficient (Wildman–Crippen LogP) is 2.81. The third-order valence-corrected chi connectivity index (χ3v) is 4.88. The van der Waals surface area contributed by atoms with Crippen molar-refractivity contribution in [2.24, 2.45) is 23.2 Å². The largest absolute Gasteiger partial charge is 0.373 e. The Morgan fingerprint density at radius 2 is 1.62 bits per heavy atom. The van der Waals surface area contributed by atoms with E-state index in [1.165, 1.54) is 38.5 Å². The molecular formula is C14H22O2. The maximum atomic E-state index is 10.9. The normalized spacial score (nSPS) is 44.9.